The number of nitrogens with two attached hydrogens (primary N) is 1. The minimum Gasteiger partial charge on any atom is -0.465 e. The second kappa shape index (κ2) is 11.2. The molecule has 0 aliphatic carbocycles. The fourth-order valence-electron chi connectivity index (χ4n) is 3.38. The van der Waals surface area contributed by atoms with Crippen molar-refractivity contribution in [2.75, 3.05) is 13.7 Å². The zero-order valence-electron chi connectivity index (χ0n) is 26.9. The van der Waals surface area contributed by atoms with E-state index < -0.39 is 61.0 Å². The first-order valence-corrected chi connectivity index (χ1v) is 22.2. The predicted molar refractivity (Wildman–Crippen MR) is 160 cm³/mol. The average Bonchev–Trinajstić information content (AvgIpc) is 2.95. The van der Waals surface area contributed by atoms with Gasteiger partial charge in [-0.15, -0.1) is 0 Å². The van der Waals surface area contributed by atoms with Crippen LogP contribution in [-0.4, -0.2) is 74.7 Å². The molecule has 38 heavy (non-hydrogen) atoms. The van der Waals surface area contributed by atoms with Gasteiger partial charge < -0.3 is 28.5 Å². The van der Waals surface area contributed by atoms with Crippen molar-refractivity contribution in [1.29, 1.82) is 0 Å². The van der Waals surface area contributed by atoms with Crippen molar-refractivity contribution in [3.8, 4) is 0 Å². The van der Waals surface area contributed by atoms with Gasteiger partial charge in [0, 0.05) is 0 Å². The number of ether oxygens (including phenoxy) is 2. The topological polar surface area (TPSA) is 118 Å². The summed E-state index contributed by atoms with van der Waals surface area (Å²) < 4.78 is 32.1. The van der Waals surface area contributed by atoms with E-state index in [2.05, 4.69) is 107 Å². The second-order valence-corrected chi connectivity index (χ2v) is 29.4. The predicted octanol–water partition coefficient (Wildman–Crippen LogP) is 5.73. The van der Waals surface area contributed by atoms with Crippen LogP contribution in [0.15, 0.2) is 0 Å². The number of rotatable bonds is 9. The number of carbonyl (C=O) groups is 2. The number of carbonyl (C=O) groups excluding carboxylic acids is 2. The van der Waals surface area contributed by atoms with Crippen LogP contribution in [0.25, 0.3) is 0 Å². The fraction of sp³-hybridized carbons (Fsp3) is 0.923. The summed E-state index contributed by atoms with van der Waals surface area (Å²) >= 11 is 0. The summed E-state index contributed by atoms with van der Waals surface area (Å²) in [4.78, 5) is 25.8. The van der Waals surface area contributed by atoms with Crippen molar-refractivity contribution in [3.63, 3.8) is 0 Å². The van der Waals surface area contributed by atoms with E-state index in [1.165, 1.54) is 7.11 Å². The summed E-state index contributed by atoms with van der Waals surface area (Å²) in [6.07, 6.45) is -2.41. The zero-order chi connectivity index (χ0) is 30.3. The van der Waals surface area contributed by atoms with Gasteiger partial charge in [0.15, 0.2) is 25.0 Å². The first kappa shape index (κ1) is 35.3. The highest BCUT2D eigenvalue weighted by Crippen LogP contribution is 2.46. The Morgan fingerprint density at radius 2 is 1.24 bits per heavy atom. The first-order chi connectivity index (χ1) is 16.7. The highest BCUT2D eigenvalue weighted by atomic mass is 28.4. The Labute approximate surface area is 234 Å². The molecular formula is C26H56N2O7Si3. The molecule has 3 N–H and O–H groups in total. The van der Waals surface area contributed by atoms with Crippen LogP contribution in [0.4, 0.5) is 4.79 Å². The van der Waals surface area contributed by atoms with Gasteiger partial charge >= 0.3 is 12.0 Å². The molecule has 0 saturated carbocycles. The maximum absolute atomic E-state index is 13.5. The molecule has 12 heteroatoms. The van der Waals surface area contributed by atoms with E-state index in [1.807, 2.05) is 0 Å². The minimum atomic E-state index is -2.53. The number of urea groups is 1. The molecular weight excluding hydrogens is 537 g/mol. The van der Waals surface area contributed by atoms with E-state index in [0.29, 0.717) is 0 Å². The van der Waals surface area contributed by atoms with Gasteiger partial charge in [0.1, 0.15) is 18.3 Å². The van der Waals surface area contributed by atoms with Gasteiger partial charge in [-0.25, -0.2) is 9.59 Å². The van der Waals surface area contributed by atoms with Gasteiger partial charge in [-0.1, -0.05) is 62.3 Å². The number of nitrogens with one attached hydrogen (secondary N) is 1. The standard InChI is InChI=1S/C26H56N2O7Si3/c1-23(2,3)36(11,12)32-17-18-19(34-37(13,14)24(4,5)6)20(35-38(15,16)25(7,8)9)26(33-18,21(29)31-10)28-22(27)30/h18-20H,17H2,1-16H3,(H3,27,28,30)/t18-,19-,20+,26-/m1/s1. The number of esters is 1. The maximum Gasteiger partial charge on any atom is 0.362 e. The molecule has 0 aromatic carbocycles. The first-order valence-electron chi connectivity index (χ1n) is 13.5. The monoisotopic (exact) mass is 592 g/mol. The largest absolute Gasteiger partial charge is 0.465 e. The lowest BCUT2D eigenvalue weighted by Crippen LogP contribution is -2.67. The molecule has 1 heterocycles. The van der Waals surface area contributed by atoms with Crippen molar-refractivity contribution < 1.29 is 32.3 Å². The summed E-state index contributed by atoms with van der Waals surface area (Å²) in [6, 6.07) is -0.920. The summed E-state index contributed by atoms with van der Waals surface area (Å²) in [5.74, 6) is -0.793. The molecule has 1 rings (SSSR count). The number of primary amides is 1. The third kappa shape index (κ3) is 7.49. The highest BCUT2D eigenvalue weighted by Gasteiger charge is 2.66. The Balaban J connectivity index is 3.82. The maximum atomic E-state index is 13.5. The van der Waals surface area contributed by atoms with Crippen LogP contribution in [0.5, 0.6) is 0 Å². The molecule has 2 amide bonds. The fourth-order valence-corrected chi connectivity index (χ4v) is 7.00. The van der Waals surface area contributed by atoms with Gasteiger partial charge in [0.05, 0.1) is 13.7 Å². The Kier molecular flexibility index (Phi) is 10.4. The number of amides is 2. The van der Waals surface area contributed by atoms with Crippen molar-refractivity contribution in [2.45, 2.75) is 141 Å². The smallest absolute Gasteiger partial charge is 0.362 e. The molecule has 9 nitrogen and oxygen atoms in total. The Hall–Kier alpha value is -0.769. The molecule has 0 aromatic heterocycles. The summed E-state index contributed by atoms with van der Waals surface area (Å²) in [6.45, 7) is 32.2. The molecule has 0 aromatic rings. The number of hydrogen-bond donors (Lipinski definition) is 2. The van der Waals surface area contributed by atoms with Crippen molar-refractivity contribution in [3.05, 3.63) is 0 Å². The molecule has 1 fully saturated rings. The third-order valence-corrected chi connectivity index (χ3v) is 22.5. The van der Waals surface area contributed by atoms with E-state index in [-0.39, 0.29) is 21.7 Å². The third-order valence-electron chi connectivity index (χ3n) is 9.08. The number of hydrogen-bond acceptors (Lipinski definition) is 7. The van der Waals surface area contributed by atoms with Crippen LogP contribution >= 0.6 is 0 Å². The van der Waals surface area contributed by atoms with Gasteiger partial charge in [0.2, 0.25) is 0 Å². The summed E-state index contributed by atoms with van der Waals surface area (Å²) in [5.41, 5.74) is 3.63. The Morgan fingerprint density at radius 1 is 0.816 bits per heavy atom. The van der Waals surface area contributed by atoms with Crippen molar-refractivity contribution in [2.24, 2.45) is 5.73 Å². The summed E-state index contributed by atoms with van der Waals surface area (Å²) in [5, 5.41) is 2.21. The van der Waals surface area contributed by atoms with Crippen LogP contribution in [0, 0.1) is 0 Å². The average molecular weight is 593 g/mol. The molecule has 1 aliphatic rings. The molecule has 0 bridgehead atoms. The van der Waals surface area contributed by atoms with Gasteiger partial charge in [0.25, 0.3) is 5.72 Å². The molecule has 224 valence electrons. The van der Waals surface area contributed by atoms with E-state index in [0.717, 1.165) is 0 Å². The molecule has 4 atom stereocenters. The summed E-state index contributed by atoms with van der Waals surface area (Å²) in [7, 11) is -5.89. The molecule has 0 unspecified atom stereocenters. The van der Waals surface area contributed by atoms with E-state index in [9.17, 15) is 9.59 Å². The minimum absolute atomic E-state index is 0.0384. The highest BCUT2D eigenvalue weighted by molar-refractivity contribution is 6.75. The lowest BCUT2D eigenvalue weighted by Gasteiger charge is -2.45. The van der Waals surface area contributed by atoms with Crippen LogP contribution in [0.3, 0.4) is 0 Å². The molecule has 1 aliphatic heterocycles. The lowest BCUT2D eigenvalue weighted by atomic mass is 10.0. The van der Waals surface area contributed by atoms with Gasteiger partial charge in [-0.3, -0.25) is 5.32 Å². The van der Waals surface area contributed by atoms with Crippen LogP contribution in [-0.2, 0) is 27.5 Å². The SMILES string of the molecule is COC(=O)[C@]1(NC(N)=O)O[C@H](CO[Si](C)(C)C(C)(C)C)[C@@H](O[Si](C)(C)C(C)(C)C)[C@@H]1O[Si](C)(C)C(C)(C)C. The van der Waals surface area contributed by atoms with E-state index in [4.69, 9.17) is 28.5 Å². The molecule has 0 spiro atoms. The van der Waals surface area contributed by atoms with E-state index >= 15 is 0 Å². The van der Waals surface area contributed by atoms with Crippen LogP contribution < -0.4 is 11.1 Å². The zero-order valence-corrected chi connectivity index (χ0v) is 29.9. The van der Waals surface area contributed by atoms with E-state index in [1.54, 1.807) is 0 Å². The van der Waals surface area contributed by atoms with Crippen LogP contribution in [0.1, 0.15) is 62.3 Å². The van der Waals surface area contributed by atoms with Crippen molar-refractivity contribution in [1.82, 2.24) is 5.32 Å². The van der Waals surface area contributed by atoms with Crippen molar-refractivity contribution >= 4 is 37.0 Å². The quantitative estimate of drug-likeness (QED) is 0.259. The molecule has 1 saturated heterocycles. The Morgan fingerprint density at radius 3 is 1.61 bits per heavy atom. The van der Waals surface area contributed by atoms with Gasteiger partial charge in [-0.2, -0.15) is 0 Å². The van der Waals surface area contributed by atoms with Gasteiger partial charge in [-0.05, 0) is 54.4 Å². The second-order valence-electron chi connectivity index (χ2n) is 15.1. The molecule has 0 radical (unpaired) electrons. The Bertz CT molecular complexity index is 860. The number of methoxy groups -OCH3 is 1. The lowest BCUT2D eigenvalue weighted by molar-refractivity contribution is -0.180. The normalized spacial score (nSPS) is 25.8. The van der Waals surface area contributed by atoms with Crippen LogP contribution in [0.2, 0.25) is 54.4 Å².